The van der Waals surface area contributed by atoms with E-state index < -0.39 is 17.5 Å². The van der Waals surface area contributed by atoms with Crippen molar-refractivity contribution in [3.63, 3.8) is 0 Å². The number of carbonyl (C=O) groups excluding carboxylic acids is 1. The van der Waals surface area contributed by atoms with Crippen molar-refractivity contribution in [2.24, 2.45) is 0 Å². The highest BCUT2D eigenvalue weighted by molar-refractivity contribution is 9.10. The highest BCUT2D eigenvalue weighted by atomic mass is 79.9. The molecule has 138 valence electrons. The van der Waals surface area contributed by atoms with Crippen molar-refractivity contribution in [1.29, 1.82) is 0 Å². The van der Waals surface area contributed by atoms with Crippen molar-refractivity contribution in [2.75, 3.05) is 22.5 Å². The van der Waals surface area contributed by atoms with Crippen LogP contribution in [0.5, 0.6) is 0 Å². The van der Waals surface area contributed by atoms with Crippen molar-refractivity contribution < 1.29 is 13.6 Å². The number of nitrogen functional groups attached to an aromatic ring is 1. The molecule has 0 aromatic heterocycles. The monoisotopic (exact) mass is 423 g/mol. The van der Waals surface area contributed by atoms with Crippen LogP contribution in [0.3, 0.4) is 0 Å². The van der Waals surface area contributed by atoms with Gasteiger partial charge in [-0.3, -0.25) is 4.79 Å². The van der Waals surface area contributed by atoms with Crippen LogP contribution < -0.4 is 16.0 Å². The van der Waals surface area contributed by atoms with Gasteiger partial charge in [-0.2, -0.15) is 0 Å². The summed E-state index contributed by atoms with van der Waals surface area (Å²) in [5.74, 6) is -2.06. The zero-order valence-corrected chi connectivity index (χ0v) is 15.9. The molecule has 2 aromatic carbocycles. The van der Waals surface area contributed by atoms with Gasteiger partial charge >= 0.3 is 0 Å². The third-order valence-corrected chi connectivity index (χ3v) is 5.25. The van der Waals surface area contributed by atoms with Crippen molar-refractivity contribution in [1.82, 2.24) is 0 Å². The number of piperidine rings is 1. The Morgan fingerprint density at radius 3 is 2.73 bits per heavy atom. The highest BCUT2D eigenvalue weighted by Crippen LogP contribution is 2.32. The summed E-state index contributed by atoms with van der Waals surface area (Å²) < 4.78 is 27.5. The average Bonchev–Trinajstić information content (AvgIpc) is 2.58. The number of anilines is 3. The molecule has 3 rings (SSSR count). The number of carbonyl (C=O) groups is 1. The number of benzene rings is 2. The fourth-order valence-electron chi connectivity index (χ4n) is 3.28. The Morgan fingerprint density at radius 1 is 1.27 bits per heavy atom. The fourth-order valence-corrected chi connectivity index (χ4v) is 3.79. The number of hydrogen-bond donors (Lipinski definition) is 2. The van der Waals surface area contributed by atoms with E-state index in [0.29, 0.717) is 17.3 Å². The van der Waals surface area contributed by atoms with Gasteiger partial charge in [0.05, 0.1) is 11.3 Å². The smallest absolute Gasteiger partial charge is 0.257 e. The Kier molecular flexibility index (Phi) is 5.46. The zero-order chi connectivity index (χ0) is 18.8. The van der Waals surface area contributed by atoms with Crippen LogP contribution >= 0.6 is 15.9 Å². The largest absolute Gasteiger partial charge is 0.399 e. The first kappa shape index (κ1) is 18.6. The second kappa shape index (κ2) is 7.61. The molecule has 1 fully saturated rings. The topological polar surface area (TPSA) is 58.4 Å². The van der Waals surface area contributed by atoms with E-state index in [0.717, 1.165) is 43.6 Å². The number of nitrogens with one attached hydrogen (secondary N) is 1. The molecule has 0 spiro atoms. The fraction of sp³-hybridized carbons (Fsp3) is 0.316. The Bertz CT molecular complexity index is 821. The third-order valence-electron chi connectivity index (χ3n) is 4.62. The molecule has 26 heavy (non-hydrogen) atoms. The summed E-state index contributed by atoms with van der Waals surface area (Å²) in [7, 11) is 0. The van der Waals surface area contributed by atoms with Gasteiger partial charge in [0.1, 0.15) is 5.82 Å². The maximum atomic E-state index is 14.1. The number of nitrogens with two attached hydrogens (primary N) is 1. The summed E-state index contributed by atoms with van der Waals surface area (Å²) in [6, 6.07) is 7.29. The van der Waals surface area contributed by atoms with E-state index in [9.17, 15) is 13.6 Å². The van der Waals surface area contributed by atoms with Crippen molar-refractivity contribution in [2.45, 2.75) is 32.2 Å². The molecule has 1 amide bonds. The van der Waals surface area contributed by atoms with E-state index in [4.69, 9.17) is 5.73 Å². The molecule has 0 bridgehead atoms. The minimum atomic E-state index is -0.845. The number of halogens is 3. The molecule has 1 atom stereocenters. The normalized spacial score (nSPS) is 17.2. The van der Waals surface area contributed by atoms with Crippen LogP contribution in [0.25, 0.3) is 0 Å². The summed E-state index contributed by atoms with van der Waals surface area (Å²) >= 11 is 3.09. The second-order valence-electron chi connectivity index (χ2n) is 6.51. The maximum absolute atomic E-state index is 14.1. The Morgan fingerprint density at radius 2 is 2.04 bits per heavy atom. The van der Waals surface area contributed by atoms with Gasteiger partial charge in [0.2, 0.25) is 0 Å². The molecule has 1 saturated heterocycles. The summed E-state index contributed by atoms with van der Waals surface area (Å²) in [5, 5.41) is 2.53. The zero-order valence-electron chi connectivity index (χ0n) is 14.4. The Balaban J connectivity index is 1.96. The van der Waals surface area contributed by atoms with Gasteiger partial charge in [0.25, 0.3) is 5.91 Å². The SMILES string of the molecule is C[C@@H]1CCCCN1c1ccc(N)cc1C(=O)Nc1c(F)cc(F)cc1Br. The highest BCUT2D eigenvalue weighted by Gasteiger charge is 2.24. The number of hydrogen-bond acceptors (Lipinski definition) is 3. The molecule has 3 N–H and O–H groups in total. The van der Waals surface area contributed by atoms with Gasteiger partial charge in [0.15, 0.2) is 5.82 Å². The number of amides is 1. The van der Waals surface area contributed by atoms with Crippen LogP contribution in [0.1, 0.15) is 36.5 Å². The van der Waals surface area contributed by atoms with Crippen LogP contribution in [0.2, 0.25) is 0 Å². The van der Waals surface area contributed by atoms with Gasteiger partial charge in [-0.1, -0.05) is 0 Å². The molecule has 2 aromatic rings. The van der Waals surface area contributed by atoms with Gasteiger partial charge in [-0.15, -0.1) is 0 Å². The predicted octanol–water partition coefficient (Wildman–Crippen LogP) is 4.94. The minimum absolute atomic E-state index is 0.100. The Hall–Kier alpha value is -2.15. The first-order valence-electron chi connectivity index (χ1n) is 8.49. The lowest BCUT2D eigenvalue weighted by atomic mass is 10.0. The average molecular weight is 424 g/mol. The van der Waals surface area contributed by atoms with Crippen LogP contribution in [0.15, 0.2) is 34.8 Å². The maximum Gasteiger partial charge on any atom is 0.257 e. The van der Waals surface area contributed by atoms with E-state index in [1.807, 2.05) is 6.07 Å². The van der Waals surface area contributed by atoms with E-state index in [1.54, 1.807) is 12.1 Å². The van der Waals surface area contributed by atoms with E-state index >= 15 is 0 Å². The summed E-state index contributed by atoms with van der Waals surface area (Å²) in [6.45, 7) is 2.97. The molecule has 0 aliphatic carbocycles. The summed E-state index contributed by atoms with van der Waals surface area (Å²) in [4.78, 5) is 15.0. The molecule has 1 aliphatic heterocycles. The van der Waals surface area contributed by atoms with Gasteiger partial charge in [0, 0.05) is 34.5 Å². The minimum Gasteiger partial charge on any atom is -0.399 e. The molecule has 0 saturated carbocycles. The van der Waals surface area contributed by atoms with Gasteiger partial charge < -0.3 is 16.0 Å². The van der Waals surface area contributed by atoms with Crippen LogP contribution in [0, 0.1) is 11.6 Å². The molecule has 1 aliphatic rings. The van der Waals surface area contributed by atoms with E-state index in [1.165, 1.54) is 0 Å². The molecule has 1 heterocycles. The lowest BCUT2D eigenvalue weighted by molar-refractivity contribution is 0.102. The first-order chi connectivity index (χ1) is 12.4. The van der Waals surface area contributed by atoms with Gasteiger partial charge in [-0.25, -0.2) is 8.78 Å². The molecular weight excluding hydrogens is 404 g/mol. The van der Waals surface area contributed by atoms with Crippen LogP contribution in [-0.2, 0) is 0 Å². The molecule has 0 unspecified atom stereocenters. The quantitative estimate of drug-likeness (QED) is 0.687. The van der Waals surface area contributed by atoms with E-state index in [-0.39, 0.29) is 10.2 Å². The first-order valence-corrected chi connectivity index (χ1v) is 9.28. The summed E-state index contributed by atoms with van der Waals surface area (Å²) in [5.41, 5.74) is 7.35. The van der Waals surface area contributed by atoms with Crippen molar-refractivity contribution in [3.8, 4) is 0 Å². The molecule has 0 radical (unpaired) electrons. The van der Waals surface area contributed by atoms with Crippen LogP contribution in [-0.4, -0.2) is 18.5 Å². The number of nitrogens with zero attached hydrogens (tertiary/aromatic N) is 1. The molecule has 7 heteroatoms. The molecule has 4 nitrogen and oxygen atoms in total. The third kappa shape index (κ3) is 3.82. The van der Waals surface area contributed by atoms with Crippen molar-refractivity contribution >= 4 is 38.9 Å². The lowest BCUT2D eigenvalue weighted by Gasteiger charge is -2.36. The lowest BCUT2D eigenvalue weighted by Crippen LogP contribution is -2.38. The van der Waals surface area contributed by atoms with E-state index in [2.05, 4.69) is 33.1 Å². The molecular formula is C19H20BrF2N3O. The van der Waals surface area contributed by atoms with Gasteiger partial charge in [-0.05, 0) is 66.4 Å². The summed E-state index contributed by atoms with van der Waals surface area (Å²) in [6.07, 6.45) is 3.25. The predicted molar refractivity (Wildman–Crippen MR) is 104 cm³/mol. The number of rotatable bonds is 3. The second-order valence-corrected chi connectivity index (χ2v) is 7.37. The van der Waals surface area contributed by atoms with Crippen LogP contribution in [0.4, 0.5) is 25.8 Å². The van der Waals surface area contributed by atoms with Crippen molar-refractivity contribution in [3.05, 3.63) is 52.0 Å². The standard InChI is InChI=1S/C19H20BrF2N3O/c1-11-4-2-3-7-25(11)17-6-5-13(23)10-14(17)19(26)24-18-15(20)8-12(21)9-16(18)22/h5-6,8-11H,2-4,7,23H2,1H3,(H,24,26)/t11-/m1/s1. The Labute approximate surface area is 159 Å².